The molecule has 0 aromatic heterocycles. The maximum atomic E-state index is 11.9. The summed E-state index contributed by atoms with van der Waals surface area (Å²) in [5.41, 5.74) is 1.04. The average molecular weight is 303 g/mol. The Morgan fingerprint density at radius 2 is 1.59 bits per heavy atom. The molecule has 0 saturated heterocycles. The van der Waals surface area contributed by atoms with E-state index in [9.17, 15) is 14.4 Å². The molecule has 1 fully saturated rings. The molecule has 0 unspecified atom stereocenters. The minimum absolute atomic E-state index is 0.0951. The third-order valence-electron chi connectivity index (χ3n) is 3.59. The summed E-state index contributed by atoms with van der Waals surface area (Å²) in [7, 11) is 0. The normalized spacial score (nSPS) is 15.0. The van der Waals surface area contributed by atoms with Gasteiger partial charge in [-0.1, -0.05) is 25.3 Å². The Morgan fingerprint density at radius 1 is 0.955 bits per heavy atom. The first-order chi connectivity index (χ1) is 10.5. The van der Waals surface area contributed by atoms with Crippen molar-refractivity contribution >= 4 is 29.1 Å². The Kier molecular flexibility index (Phi) is 5.52. The predicted octanol–water partition coefficient (Wildman–Crippen LogP) is 2.03. The molecule has 0 heterocycles. The van der Waals surface area contributed by atoms with Crippen LogP contribution in [0.15, 0.2) is 24.3 Å². The number of anilines is 2. The van der Waals surface area contributed by atoms with E-state index in [0.29, 0.717) is 11.4 Å². The Morgan fingerprint density at radius 3 is 2.23 bits per heavy atom. The Bertz CT molecular complexity index is 566. The van der Waals surface area contributed by atoms with Crippen molar-refractivity contribution in [1.29, 1.82) is 0 Å². The number of benzene rings is 1. The minimum Gasteiger partial charge on any atom is -0.345 e. The van der Waals surface area contributed by atoms with E-state index < -0.39 is 11.8 Å². The molecular formula is C16H21N3O3. The molecule has 1 saturated carbocycles. The van der Waals surface area contributed by atoms with Gasteiger partial charge in [-0.3, -0.25) is 14.4 Å². The maximum absolute atomic E-state index is 11.9. The molecule has 0 bridgehead atoms. The van der Waals surface area contributed by atoms with Crippen LogP contribution in [0.3, 0.4) is 0 Å². The molecule has 22 heavy (non-hydrogen) atoms. The van der Waals surface area contributed by atoms with Crippen LogP contribution in [0, 0.1) is 0 Å². The molecule has 2 rings (SSSR count). The summed E-state index contributed by atoms with van der Waals surface area (Å²) in [6.07, 6.45) is 5.22. The molecule has 0 radical (unpaired) electrons. The summed E-state index contributed by atoms with van der Waals surface area (Å²) in [5.74, 6) is -1.50. The lowest BCUT2D eigenvalue weighted by atomic mass is 9.95. The van der Waals surface area contributed by atoms with E-state index in [-0.39, 0.29) is 11.9 Å². The Labute approximate surface area is 129 Å². The van der Waals surface area contributed by atoms with Gasteiger partial charge >= 0.3 is 11.8 Å². The lowest BCUT2D eigenvalue weighted by Gasteiger charge is -2.22. The van der Waals surface area contributed by atoms with Gasteiger partial charge < -0.3 is 16.0 Å². The molecule has 0 atom stereocenters. The zero-order valence-corrected chi connectivity index (χ0v) is 12.6. The van der Waals surface area contributed by atoms with Crippen molar-refractivity contribution in [1.82, 2.24) is 5.32 Å². The summed E-state index contributed by atoms with van der Waals surface area (Å²) in [4.78, 5) is 34.8. The number of nitrogens with one attached hydrogen (secondary N) is 3. The second kappa shape index (κ2) is 7.59. The predicted molar refractivity (Wildman–Crippen MR) is 84.4 cm³/mol. The summed E-state index contributed by atoms with van der Waals surface area (Å²) >= 11 is 0. The van der Waals surface area contributed by atoms with Crippen LogP contribution in [0.2, 0.25) is 0 Å². The van der Waals surface area contributed by atoms with Gasteiger partial charge in [-0.2, -0.15) is 0 Å². The highest BCUT2D eigenvalue weighted by Gasteiger charge is 2.20. The van der Waals surface area contributed by atoms with E-state index >= 15 is 0 Å². The molecule has 118 valence electrons. The van der Waals surface area contributed by atoms with E-state index in [2.05, 4.69) is 16.0 Å². The van der Waals surface area contributed by atoms with Crippen molar-refractivity contribution in [3.8, 4) is 0 Å². The van der Waals surface area contributed by atoms with E-state index in [1.165, 1.54) is 13.3 Å². The number of carbonyl (C=O) groups excluding carboxylic acids is 3. The lowest BCUT2D eigenvalue weighted by molar-refractivity contribution is -0.136. The van der Waals surface area contributed by atoms with Gasteiger partial charge in [0.1, 0.15) is 0 Å². The van der Waals surface area contributed by atoms with E-state index in [0.717, 1.165) is 25.7 Å². The zero-order chi connectivity index (χ0) is 15.9. The fraction of sp³-hybridized carbons (Fsp3) is 0.438. The molecule has 1 aromatic carbocycles. The first-order valence-corrected chi connectivity index (χ1v) is 7.54. The number of rotatable bonds is 3. The lowest BCUT2D eigenvalue weighted by Crippen LogP contribution is -2.42. The van der Waals surface area contributed by atoms with Crippen LogP contribution in [0.4, 0.5) is 11.4 Å². The summed E-state index contributed by atoms with van der Waals surface area (Å²) in [6.45, 7) is 1.41. The molecule has 0 aliphatic heterocycles. The smallest absolute Gasteiger partial charge is 0.313 e. The highest BCUT2D eigenvalue weighted by molar-refractivity contribution is 6.39. The molecule has 6 heteroatoms. The van der Waals surface area contributed by atoms with Crippen molar-refractivity contribution in [3.05, 3.63) is 24.3 Å². The number of carbonyl (C=O) groups is 3. The third kappa shape index (κ3) is 4.87. The topological polar surface area (TPSA) is 87.3 Å². The Balaban J connectivity index is 1.90. The molecule has 1 aromatic rings. The van der Waals surface area contributed by atoms with Gasteiger partial charge in [-0.05, 0) is 31.0 Å². The summed E-state index contributed by atoms with van der Waals surface area (Å²) in [5, 5.41) is 7.93. The summed E-state index contributed by atoms with van der Waals surface area (Å²) < 4.78 is 0. The Hall–Kier alpha value is -2.37. The third-order valence-corrected chi connectivity index (χ3v) is 3.59. The molecule has 3 amide bonds. The van der Waals surface area contributed by atoms with Crippen LogP contribution < -0.4 is 16.0 Å². The van der Waals surface area contributed by atoms with E-state index in [1.54, 1.807) is 24.3 Å². The fourth-order valence-electron chi connectivity index (χ4n) is 2.56. The van der Waals surface area contributed by atoms with Gasteiger partial charge in [0.25, 0.3) is 0 Å². The first-order valence-electron chi connectivity index (χ1n) is 7.54. The standard InChI is InChI=1S/C16H21N3O3/c1-11(20)17-13-8-5-9-14(10-13)19-16(22)15(21)18-12-6-3-2-4-7-12/h5,8-10,12H,2-4,6-7H2,1H3,(H,17,20)(H,18,21)(H,19,22). The van der Waals surface area contributed by atoms with Crippen molar-refractivity contribution < 1.29 is 14.4 Å². The van der Waals surface area contributed by atoms with Crippen LogP contribution in [0.25, 0.3) is 0 Å². The van der Waals surface area contributed by atoms with Crippen LogP contribution >= 0.6 is 0 Å². The van der Waals surface area contributed by atoms with Crippen LogP contribution in [-0.2, 0) is 14.4 Å². The van der Waals surface area contributed by atoms with Crippen molar-refractivity contribution in [2.24, 2.45) is 0 Å². The van der Waals surface area contributed by atoms with Crippen molar-refractivity contribution in [2.45, 2.75) is 45.1 Å². The highest BCUT2D eigenvalue weighted by Crippen LogP contribution is 2.18. The number of amides is 3. The van der Waals surface area contributed by atoms with Gasteiger partial charge in [0.2, 0.25) is 5.91 Å². The van der Waals surface area contributed by atoms with E-state index in [1.807, 2.05) is 0 Å². The van der Waals surface area contributed by atoms with Crippen molar-refractivity contribution in [2.75, 3.05) is 10.6 Å². The monoisotopic (exact) mass is 303 g/mol. The second-order valence-electron chi connectivity index (χ2n) is 5.52. The van der Waals surface area contributed by atoms with Gasteiger partial charge in [0.05, 0.1) is 0 Å². The maximum Gasteiger partial charge on any atom is 0.313 e. The second-order valence-corrected chi connectivity index (χ2v) is 5.52. The molecule has 1 aliphatic carbocycles. The number of hydrogen-bond acceptors (Lipinski definition) is 3. The first kappa shape index (κ1) is 16.0. The van der Waals surface area contributed by atoms with Gasteiger partial charge in [0, 0.05) is 24.3 Å². The molecule has 3 N–H and O–H groups in total. The zero-order valence-electron chi connectivity index (χ0n) is 12.6. The minimum atomic E-state index is -0.689. The van der Waals surface area contributed by atoms with Gasteiger partial charge in [-0.15, -0.1) is 0 Å². The van der Waals surface area contributed by atoms with Gasteiger partial charge in [0.15, 0.2) is 0 Å². The van der Waals surface area contributed by atoms with Crippen LogP contribution in [-0.4, -0.2) is 23.8 Å². The highest BCUT2D eigenvalue weighted by atomic mass is 16.2. The fourth-order valence-corrected chi connectivity index (χ4v) is 2.56. The van der Waals surface area contributed by atoms with E-state index in [4.69, 9.17) is 0 Å². The molecular weight excluding hydrogens is 282 g/mol. The number of hydrogen-bond donors (Lipinski definition) is 3. The SMILES string of the molecule is CC(=O)Nc1cccc(NC(=O)C(=O)NC2CCCCC2)c1. The quantitative estimate of drug-likeness (QED) is 0.747. The molecule has 6 nitrogen and oxygen atoms in total. The van der Waals surface area contributed by atoms with Gasteiger partial charge in [-0.25, -0.2) is 0 Å². The molecule has 1 aliphatic rings. The average Bonchev–Trinajstić information content (AvgIpc) is 2.48. The summed E-state index contributed by atoms with van der Waals surface area (Å²) in [6, 6.07) is 6.77. The van der Waals surface area contributed by atoms with Crippen molar-refractivity contribution in [3.63, 3.8) is 0 Å². The molecule has 0 spiro atoms. The van der Waals surface area contributed by atoms with Crippen LogP contribution in [0.5, 0.6) is 0 Å². The largest absolute Gasteiger partial charge is 0.345 e. The van der Waals surface area contributed by atoms with Crippen LogP contribution in [0.1, 0.15) is 39.0 Å².